The van der Waals surface area contributed by atoms with Crippen molar-refractivity contribution in [2.24, 2.45) is 14.1 Å². The number of piperazine rings is 1. The molecular weight excluding hydrogens is 408 g/mol. The number of rotatable bonds is 4. The van der Waals surface area contributed by atoms with Gasteiger partial charge in [0, 0.05) is 52.4 Å². The molecule has 3 heterocycles. The quantitative estimate of drug-likeness (QED) is 0.742. The molecule has 9 heteroatoms. The summed E-state index contributed by atoms with van der Waals surface area (Å²) < 4.78 is 3.65. The standard InChI is InChI=1S/C16H22BrClN6O/c1-4-12-11(15(18)21(2)20-12)10-23-5-7-24(8-6-23)13-9-19-22(3)16(25)14(13)17/h9H,4-8,10H2,1-3H3. The first kappa shape index (κ1) is 18.4. The van der Waals surface area contributed by atoms with Crippen LogP contribution in [0.1, 0.15) is 18.2 Å². The smallest absolute Gasteiger partial charge is 0.282 e. The fourth-order valence-electron chi connectivity index (χ4n) is 3.13. The van der Waals surface area contributed by atoms with Gasteiger partial charge >= 0.3 is 0 Å². The average Bonchev–Trinajstić information content (AvgIpc) is 2.88. The molecule has 0 amide bonds. The SMILES string of the molecule is CCc1nn(C)c(Cl)c1CN1CCN(c2cnn(C)c(=O)c2Br)CC1. The molecule has 1 saturated heterocycles. The van der Waals surface area contributed by atoms with Gasteiger partial charge in [0.05, 0.1) is 17.6 Å². The number of halogens is 2. The van der Waals surface area contributed by atoms with Crippen molar-refractivity contribution < 1.29 is 0 Å². The molecule has 0 N–H and O–H groups in total. The second-order valence-electron chi connectivity index (χ2n) is 6.23. The molecule has 0 saturated carbocycles. The van der Waals surface area contributed by atoms with Crippen molar-refractivity contribution in [3.05, 3.63) is 37.4 Å². The minimum Gasteiger partial charge on any atom is -0.367 e. The van der Waals surface area contributed by atoms with E-state index in [0.29, 0.717) is 4.47 Å². The average molecular weight is 430 g/mol. The molecule has 0 aromatic carbocycles. The zero-order valence-corrected chi connectivity index (χ0v) is 17.0. The molecule has 1 aliphatic heterocycles. The maximum atomic E-state index is 12.0. The molecule has 7 nitrogen and oxygen atoms in total. The van der Waals surface area contributed by atoms with E-state index in [1.807, 2.05) is 7.05 Å². The van der Waals surface area contributed by atoms with Crippen molar-refractivity contribution in [2.75, 3.05) is 31.1 Å². The molecule has 1 aliphatic rings. The fraction of sp³-hybridized carbons (Fsp3) is 0.562. The lowest BCUT2D eigenvalue weighted by Crippen LogP contribution is -2.46. The van der Waals surface area contributed by atoms with E-state index in [1.165, 1.54) is 4.68 Å². The molecule has 2 aromatic heterocycles. The van der Waals surface area contributed by atoms with Crippen molar-refractivity contribution in [3.63, 3.8) is 0 Å². The summed E-state index contributed by atoms with van der Waals surface area (Å²) in [5.41, 5.74) is 2.93. The van der Waals surface area contributed by atoms with Gasteiger partial charge in [-0.3, -0.25) is 14.4 Å². The third-order valence-corrected chi connectivity index (χ3v) is 5.86. The third-order valence-electron chi connectivity index (χ3n) is 4.64. The van der Waals surface area contributed by atoms with Gasteiger partial charge in [0.15, 0.2) is 0 Å². The van der Waals surface area contributed by atoms with E-state index in [1.54, 1.807) is 17.9 Å². The summed E-state index contributed by atoms with van der Waals surface area (Å²) in [6, 6.07) is 0. The van der Waals surface area contributed by atoms with Crippen LogP contribution in [0.15, 0.2) is 15.5 Å². The van der Waals surface area contributed by atoms with Crippen LogP contribution in [0, 0.1) is 0 Å². The minimum absolute atomic E-state index is 0.116. The molecule has 0 aliphatic carbocycles. The first-order valence-corrected chi connectivity index (χ1v) is 9.48. The molecule has 3 rings (SSSR count). The number of anilines is 1. The molecule has 0 spiro atoms. The molecule has 1 fully saturated rings. The van der Waals surface area contributed by atoms with Crippen molar-refractivity contribution in [2.45, 2.75) is 19.9 Å². The Kier molecular flexibility index (Phi) is 5.50. The zero-order valence-electron chi connectivity index (χ0n) is 14.7. The van der Waals surface area contributed by atoms with Crippen LogP contribution < -0.4 is 10.5 Å². The van der Waals surface area contributed by atoms with Crippen molar-refractivity contribution in [1.82, 2.24) is 24.5 Å². The van der Waals surface area contributed by atoms with Crippen LogP contribution in [0.3, 0.4) is 0 Å². The molecule has 136 valence electrons. The van der Waals surface area contributed by atoms with E-state index < -0.39 is 0 Å². The van der Waals surface area contributed by atoms with Gasteiger partial charge in [-0.1, -0.05) is 18.5 Å². The lowest BCUT2D eigenvalue weighted by Gasteiger charge is -2.36. The zero-order chi connectivity index (χ0) is 18.1. The van der Waals surface area contributed by atoms with Crippen molar-refractivity contribution in [1.29, 1.82) is 0 Å². The van der Waals surface area contributed by atoms with Crippen LogP contribution in [0.4, 0.5) is 5.69 Å². The summed E-state index contributed by atoms with van der Waals surface area (Å²) in [4.78, 5) is 16.6. The maximum Gasteiger partial charge on any atom is 0.282 e. The normalized spacial score (nSPS) is 15.8. The Hall–Kier alpha value is -1.38. The molecule has 25 heavy (non-hydrogen) atoms. The van der Waals surface area contributed by atoms with E-state index in [9.17, 15) is 4.79 Å². The van der Waals surface area contributed by atoms with Crippen LogP contribution in [-0.4, -0.2) is 50.6 Å². The number of hydrogen-bond acceptors (Lipinski definition) is 5. The second kappa shape index (κ2) is 7.47. The van der Waals surface area contributed by atoms with Crippen LogP contribution in [0.25, 0.3) is 0 Å². The fourth-order valence-corrected chi connectivity index (χ4v) is 3.95. The highest BCUT2D eigenvalue weighted by Gasteiger charge is 2.23. The second-order valence-corrected chi connectivity index (χ2v) is 7.38. The lowest BCUT2D eigenvalue weighted by molar-refractivity contribution is 0.249. The number of aryl methyl sites for hydroxylation is 3. The third kappa shape index (κ3) is 3.61. The van der Waals surface area contributed by atoms with Crippen LogP contribution >= 0.6 is 27.5 Å². The number of hydrogen-bond donors (Lipinski definition) is 0. The van der Waals surface area contributed by atoms with E-state index >= 15 is 0 Å². The Balaban J connectivity index is 1.69. The predicted molar refractivity (Wildman–Crippen MR) is 102 cm³/mol. The van der Waals surface area contributed by atoms with Crippen molar-refractivity contribution >= 4 is 33.2 Å². The van der Waals surface area contributed by atoms with Gasteiger partial charge in [-0.2, -0.15) is 10.2 Å². The molecule has 2 aromatic rings. The highest BCUT2D eigenvalue weighted by molar-refractivity contribution is 9.10. The molecule has 0 unspecified atom stereocenters. The Labute approximate surface area is 160 Å². The van der Waals surface area contributed by atoms with Crippen molar-refractivity contribution in [3.8, 4) is 0 Å². The Morgan fingerprint density at radius 1 is 1.20 bits per heavy atom. The molecule has 0 atom stereocenters. The van der Waals surface area contributed by atoms with Gasteiger partial charge in [-0.15, -0.1) is 0 Å². The minimum atomic E-state index is -0.116. The van der Waals surface area contributed by atoms with Gasteiger partial charge in [-0.05, 0) is 22.4 Å². The summed E-state index contributed by atoms with van der Waals surface area (Å²) in [7, 11) is 3.53. The number of nitrogens with zero attached hydrogens (tertiary/aromatic N) is 6. The Morgan fingerprint density at radius 3 is 2.52 bits per heavy atom. The van der Waals surface area contributed by atoms with Crippen LogP contribution in [0.2, 0.25) is 5.15 Å². The first-order chi connectivity index (χ1) is 11.9. The molecule has 0 bridgehead atoms. The van der Waals surface area contributed by atoms with Crippen LogP contribution in [0.5, 0.6) is 0 Å². The Morgan fingerprint density at radius 2 is 1.88 bits per heavy atom. The van der Waals surface area contributed by atoms with Gasteiger partial charge in [0.1, 0.15) is 9.63 Å². The topological polar surface area (TPSA) is 59.2 Å². The maximum absolute atomic E-state index is 12.0. The Bertz CT molecular complexity index is 825. The van der Waals surface area contributed by atoms with Gasteiger partial charge in [0.25, 0.3) is 5.56 Å². The van der Waals surface area contributed by atoms with E-state index in [4.69, 9.17) is 11.6 Å². The van der Waals surface area contributed by atoms with Crippen LogP contribution in [-0.2, 0) is 27.1 Å². The van der Waals surface area contributed by atoms with E-state index in [-0.39, 0.29) is 5.56 Å². The van der Waals surface area contributed by atoms with E-state index in [0.717, 1.165) is 61.2 Å². The van der Waals surface area contributed by atoms with Gasteiger partial charge < -0.3 is 4.90 Å². The largest absolute Gasteiger partial charge is 0.367 e. The highest BCUT2D eigenvalue weighted by Crippen LogP contribution is 2.25. The van der Waals surface area contributed by atoms with E-state index in [2.05, 4.69) is 42.9 Å². The number of aromatic nitrogens is 4. The van der Waals surface area contributed by atoms with Gasteiger partial charge in [-0.25, -0.2) is 4.68 Å². The summed E-state index contributed by atoms with van der Waals surface area (Å²) in [5.74, 6) is 0. The first-order valence-electron chi connectivity index (χ1n) is 8.31. The molecule has 0 radical (unpaired) electrons. The lowest BCUT2D eigenvalue weighted by atomic mass is 10.2. The monoisotopic (exact) mass is 428 g/mol. The summed E-state index contributed by atoms with van der Waals surface area (Å²) in [6.07, 6.45) is 2.62. The van der Waals surface area contributed by atoms with Gasteiger partial charge in [0.2, 0.25) is 0 Å². The summed E-state index contributed by atoms with van der Waals surface area (Å²) in [6.45, 7) is 6.38. The summed E-state index contributed by atoms with van der Waals surface area (Å²) >= 11 is 9.81. The predicted octanol–water partition coefficient (Wildman–Crippen LogP) is 1.81. The summed E-state index contributed by atoms with van der Waals surface area (Å²) in [5, 5.41) is 9.33. The highest BCUT2D eigenvalue weighted by atomic mass is 79.9. The molecular formula is C16H22BrClN6O.